The summed E-state index contributed by atoms with van der Waals surface area (Å²) in [7, 11) is 0. The Bertz CT molecular complexity index is 3450. The summed E-state index contributed by atoms with van der Waals surface area (Å²) in [5.74, 6) is 2.09. The van der Waals surface area contributed by atoms with Crippen molar-refractivity contribution in [2.24, 2.45) is 0 Å². The van der Waals surface area contributed by atoms with Crippen molar-refractivity contribution in [3.05, 3.63) is 193 Å². The molecule has 0 atom stereocenters. The molecule has 336 valence electrons. The van der Waals surface area contributed by atoms with Crippen molar-refractivity contribution in [3.8, 4) is 17.3 Å². The molecule has 0 N–H and O–H groups in total. The number of nitrogens with zero attached hydrogens (tertiary/aromatic N) is 5. The molecule has 6 nitrogen and oxygen atoms in total. The summed E-state index contributed by atoms with van der Waals surface area (Å²) in [4.78, 5) is 14.5. The third-order valence-electron chi connectivity index (χ3n) is 13.6. The number of fused-ring (bicyclic) bond motifs is 8. The summed E-state index contributed by atoms with van der Waals surface area (Å²) in [6.45, 7) is 20.4. The van der Waals surface area contributed by atoms with Crippen molar-refractivity contribution in [2.45, 2.75) is 81.4 Å². The van der Waals surface area contributed by atoms with E-state index in [9.17, 15) is 0 Å². The Morgan fingerprint density at radius 1 is 0.597 bits per heavy atom. The van der Waals surface area contributed by atoms with Crippen molar-refractivity contribution in [3.63, 3.8) is 0 Å². The van der Waals surface area contributed by atoms with Gasteiger partial charge in [0.2, 0.25) is 0 Å². The van der Waals surface area contributed by atoms with Gasteiger partial charge in [-0.3, -0.25) is 0 Å². The van der Waals surface area contributed by atoms with Gasteiger partial charge in [0.05, 0.1) is 17.1 Å². The van der Waals surface area contributed by atoms with E-state index in [2.05, 4.69) is 233 Å². The molecule has 0 unspecified atom stereocenters. The molecular formula is C59H50N5OPtS-3. The quantitative estimate of drug-likeness (QED) is 0.160. The third-order valence-corrected chi connectivity index (χ3v) is 14.7. The Balaban J connectivity index is 0.00000494. The van der Waals surface area contributed by atoms with E-state index >= 15 is 0 Å². The van der Waals surface area contributed by atoms with Gasteiger partial charge in [-0.05, 0) is 93.6 Å². The normalized spacial score (nSPS) is 14.7. The van der Waals surface area contributed by atoms with Crippen molar-refractivity contribution in [1.29, 1.82) is 0 Å². The standard InChI is InChI=1S/C59H50N5OS.Pt/c1-57(2,3)37-27-28-60-55(31-37)63-47-19-11-9-17-43(47)44-26-25-41(35-52(44)63)65-42-30-38(58(4,5)6)29-39(32-42)61-36-62(50-22-14-13-21-49(50)61)40-33-46-56-54(34-40)66-53-24-16-15-23-51(53)64(56)48-20-12-10-18-45(48)59(46,7)8;/h9-31,33-34,36H,1-8H3;/q-3;. The van der Waals surface area contributed by atoms with Gasteiger partial charge in [0.1, 0.15) is 5.82 Å². The zero-order valence-electron chi connectivity index (χ0n) is 38.9. The Morgan fingerprint density at radius 3 is 2.06 bits per heavy atom. The molecule has 67 heavy (non-hydrogen) atoms. The SMILES string of the molecule is CC(C)(C)c1cc(Oc2[c-]c3c(cc2)c2ccccc2n3-c2cc(C(C)(C)C)ccn2)[c-]c(N2[CH-]N(c3cc4c5c(c3)C(C)(C)c3ccccc3N5c3ccccc3S4)c3ccccc32)c1.[Pt]. The van der Waals surface area contributed by atoms with Crippen LogP contribution < -0.4 is 19.4 Å². The monoisotopic (exact) mass is 1070 g/mol. The summed E-state index contributed by atoms with van der Waals surface area (Å²) < 4.78 is 9.08. The van der Waals surface area contributed by atoms with E-state index < -0.39 is 0 Å². The molecular weight excluding hydrogens is 1020 g/mol. The van der Waals surface area contributed by atoms with Crippen LogP contribution in [0.5, 0.6) is 11.5 Å². The van der Waals surface area contributed by atoms with Gasteiger partial charge in [-0.15, -0.1) is 53.6 Å². The number of ether oxygens (including phenoxy) is 1. The van der Waals surface area contributed by atoms with Crippen molar-refractivity contribution in [1.82, 2.24) is 9.55 Å². The van der Waals surface area contributed by atoms with Crippen molar-refractivity contribution in [2.75, 3.05) is 14.7 Å². The van der Waals surface area contributed by atoms with Gasteiger partial charge >= 0.3 is 0 Å². The Hall–Kier alpha value is -6.27. The average Bonchev–Trinajstić information content (AvgIpc) is 3.86. The van der Waals surface area contributed by atoms with E-state index in [0.717, 1.165) is 55.9 Å². The van der Waals surface area contributed by atoms with E-state index in [1.807, 2.05) is 24.0 Å². The van der Waals surface area contributed by atoms with Gasteiger partial charge in [-0.25, -0.2) is 4.98 Å². The fraction of sp³-hybridized carbons (Fsp3) is 0.186. The van der Waals surface area contributed by atoms with Crippen molar-refractivity contribution < 1.29 is 25.8 Å². The molecule has 8 heteroatoms. The first-order chi connectivity index (χ1) is 31.7. The van der Waals surface area contributed by atoms with Gasteiger partial charge in [-0.2, -0.15) is 6.07 Å². The Labute approximate surface area is 412 Å². The molecule has 0 amide bonds. The summed E-state index contributed by atoms with van der Waals surface area (Å²) in [5, 5.41) is 2.24. The summed E-state index contributed by atoms with van der Waals surface area (Å²) in [6.07, 6.45) is 1.91. The van der Waals surface area contributed by atoms with Gasteiger partial charge in [-0.1, -0.05) is 133 Å². The van der Waals surface area contributed by atoms with Gasteiger partial charge in [0, 0.05) is 76.5 Å². The first-order valence-electron chi connectivity index (χ1n) is 22.8. The second-order valence-corrected chi connectivity index (χ2v) is 21.4. The molecule has 7 aromatic carbocycles. The topological polar surface area (TPSA) is 36.8 Å². The maximum Gasteiger partial charge on any atom is 0.135 e. The van der Waals surface area contributed by atoms with Crippen LogP contribution >= 0.6 is 11.8 Å². The van der Waals surface area contributed by atoms with Crippen LogP contribution in [0.4, 0.5) is 39.8 Å². The minimum absolute atomic E-state index is 0. The zero-order valence-corrected chi connectivity index (χ0v) is 42.0. The molecule has 3 aliphatic heterocycles. The molecule has 12 rings (SSSR count). The number of hydrogen-bond donors (Lipinski definition) is 0. The molecule has 0 aliphatic carbocycles. The number of hydrogen-bond acceptors (Lipinski definition) is 6. The fourth-order valence-electron chi connectivity index (χ4n) is 10.0. The second kappa shape index (κ2) is 15.7. The predicted molar refractivity (Wildman–Crippen MR) is 273 cm³/mol. The first-order valence-corrected chi connectivity index (χ1v) is 23.6. The largest absolute Gasteiger partial charge is 0.509 e. The van der Waals surface area contributed by atoms with Crippen LogP contribution in [-0.2, 0) is 37.3 Å². The fourth-order valence-corrected chi connectivity index (χ4v) is 11.2. The molecule has 0 saturated heterocycles. The Kier molecular flexibility index (Phi) is 10.1. The van der Waals surface area contributed by atoms with E-state index in [-0.39, 0.29) is 37.3 Å². The van der Waals surface area contributed by atoms with Crippen molar-refractivity contribution >= 4 is 73.4 Å². The van der Waals surface area contributed by atoms with Crippen LogP contribution in [-0.4, -0.2) is 9.55 Å². The number of aromatic nitrogens is 2. The molecule has 0 fully saturated rings. The summed E-state index contributed by atoms with van der Waals surface area (Å²) in [5.41, 5.74) is 14.5. The molecule has 0 saturated carbocycles. The molecule has 9 aromatic rings. The molecule has 0 spiro atoms. The average molecular weight is 1070 g/mol. The smallest absolute Gasteiger partial charge is 0.135 e. The molecule has 3 aliphatic rings. The maximum atomic E-state index is 6.87. The van der Waals surface area contributed by atoms with E-state index in [1.54, 1.807) is 0 Å². The van der Waals surface area contributed by atoms with Crippen LogP contribution in [0.15, 0.2) is 162 Å². The second-order valence-electron chi connectivity index (χ2n) is 20.3. The molecule has 5 heterocycles. The maximum absolute atomic E-state index is 6.87. The molecule has 0 bridgehead atoms. The number of anilines is 7. The summed E-state index contributed by atoms with van der Waals surface area (Å²) >= 11 is 1.86. The van der Waals surface area contributed by atoms with Gasteiger partial charge in [0.15, 0.2) is 0 Å². The minimum Gasteiger partial charge on any atom is -0.509 e. The number of rotatable bonds is 5. The third kappa shape index (κ3) is 6.99. The minimum atomic E-state index is -0.235. The number of pyridine rings is 1. The molecule has 2 aromatic heterocycles. The molecule has 0 radical (unpaired) electrons. The van der Waals surface area contributed by atoms with Crippen LogP contribution in [0.25, 0.3) is 27.6 Å². The van der Waals surface area contributed by atoms with E-state index in [0.29, 0.717) is 11.5 Å². The number of benzene rings is 7. The van der Waals surface area contributed by atoms with Crippen LogP contribution in [0, 0.1) is 18.8 Å². The summed E-state index contributed by atoms with van der Waals surface area (Å²) in [6, 6.07) is 59.9. The van der Waals surface area contributed by atoms with Crippen LogP contribution in [0.3, 0.4) is 0 Å². The van der Waals surface area contributed by atoms with E-state index in [4.69, 9.17) is 9.72 Å². The zero-order chi connectivity index (χ0) is 45.3. The Morgan fingerprint density at radius 2 is 1.28 bits per heavy atom. The van der Waals surface area contributed by atoms with E-state index in [1.165, 1.54) is 43.5 Å². The predicted octanol–water partition coefficient (Wildman–Crippen LogP) is 16.1. The van der Waals surface area contributed by atoms with Crippen LogP contribution in [0.1, 0.15) is 77.6 Å². The van der Waals surface area contributed by atoms with Gasteiger partial charge < -0.3 is 24.0 Å². The first kappa shape index (κ1) is 43.3. The number of para-hydroxylation sites is 5. The van der Waals surface area contributed by atoms with Crippen LogP contribution in [0.2, 0.25) is 0 Å². The van der Waals surface area contributed by atoms with Gasteiger partial charge in [0.25, 0.3) is 0 Å².